The van der Waals surface area contributed by atoms with Crippen LogP contribution in [0.25, 0.3) is 5.57 Å². The van der Waals surface area contributed by atoms with Gasteiger partial charge in [-0.15, -0.1) is 0 Å². The molecule has 0 aliphatic heterocycles. The van der Waals surface area contributed by atoms with Gasteiger partial charge in [-0.3, -0.25) is 0 Å². The third-order valence-corrected chi connectivity index (χ3v) is 2.30. The van der Waals surface area contributed by atoms with Crippen LogP contribution >= 0.6 is 22.6 Å². The molecule has 0 heterocycles. The summed E-state index contributed by atoms with van der Waals surface area (Å²) in [6.45, 7) is 1.77. The third-order valence-electron chi connectivity index (χ3n) is 1.49. The van der Waals surface area contributed by atoms with Gasteiger partial charge in [0.2, 0.25) is 0 Å². The van der Waals surface area contributed by atoms with Crippen molar-refractivity contribution < 1.29 is 4.39 Å². The summed E-state index contributed by atoms with van der Waals surface area (Å²) in [5.41, 5.74) is 1.64. The van der Waals surface area contributed by atoms with Gasteiger partial charge in [0.25, 0.3) is 0 Å². The molecular weight excluding hydrogens is 254 g/mol. The molecule has 0 N–H and O–H groups in total. The molecule has 0 saturated heterocycles. The minimum atomic E-state index is -0.145. The van der Waals surface area contributed by atoms with E-state index in [0.29, 0.717) is 5.57 Å². The zero-order chi connectivity index (χ0) is 8.27. The highest BCUT2D eigenvalue weighted by Gasteiger charge is 1.98. The van der Waals surface area contributed by atoms with Gasteiger partial charge in [0.15, 0.2) is 3.83 Å². The van der Waals surface area contributed by atoms with Gasteiger partial charge in [-0.05, 0) is 40.7 Å². The SMILES string of the molecule is C/C(=C(/F)I)c1ccccc1. The monoisotopic (exact) mass is 262 g/mol. The average Bonchev–Trinajstić information content (AvgIpc) is 2.05. The van der Waals surface area contributed by atoms with Crippen LogP contribution in [0.15, 0.2) is 34.2 Å². The quantitative estimate of drug-likeness (QED) is 0.675. The maximum atomic E-state index is 12.6. The minimum absolute atomic E-state index is 0.145. The van der Waals surface area contributed by atoms with Gasteiger partial charge < -0.3 is 0 Å². The van der Waals surface area contributed by atoms with E-state index in [9.17, 15) is 4.39 Å². The lowest BCUT2D eigenvalue weighted by molar-refractivity contribution is 0.713. The first-order valence-corrected chi connectivity index (χ1v) is 4.37. The van der Waals surface area contributed by atoms with E-state index >= 15 is 0 Å². The summed E-state index contributed by atoms with van der Waals surface area (Å²) in [4.78, 5) is 0. The predicted octanol–water partition coefficient (Wildman–Crippen LogP) is 3.78. The number of hydrogen-bond donors (Lipinski definition) is 0. The lowest BCUT2D eigenvalue weighted by Gasteiger charge is -1.98. The predicted molar refractivity (Wildman–Crippen MR) is 54.2 cm³/mol. The zero-order valence-corrected chi connectivity index (χ0v) is 8.30. The Balaban J connectivity index is 3.04. The Hall–Kier alpha value is -0.380. The zero-order valence-electron chi connectivity index (χ0n) is 6.14. The Morgan fingerprint density at radius 1 is 1.27 bits per heavy atom. The second-order valence-corrected chi connectivity index (χ2v) is 3.20. The van der Waals surface area contributed by atoms with Gasteiger partial charge in [0, 0.05) is 0 Å². The molecule has 1 aromatic carbocycles. The summed E-state index contributed by atoms with van der Waals surface area (Å²) >= 11 is 1.68. The average molecular weight is 262 g/mol. The number of rotatable bonds is 1. The fourth-order valence-corrected chi connectivity index (χ4v) is 1.11. The van der Waals surface area contributed by atoms with Gasteiger partial charge in [-0.2, -0.15) is 4.39 Å². The second-order valence-electron chi connectivity index (χ2n) is 2.25. The molecule has 0 amide bonds. The van der Waals surface area contributed by atoms with Gasteiger partial charge >= 0.3 is 0 Å². The summed E-state index contributed by atoms with van der Waals surface area (Å²) in [5, 5.41) is 0. The minimum Gasteiger partial charge on any atom is -0.200 e. The third kappa shape index (κ3) is 2.29. The fraction of sp³-hybridized carbons (Fsp3) is 0.111. The van der Waals surface area contributed by atoms with Crippen LogP contribution in [-0.2, 0) is 0 Å². The van der Waals surface area contributed by atoms with Crippen LogP contribution in [0.2, 0.25) is 0 Å². The molecule has 0 aromatic heterocycles. The van der Waals surface area contributed by atoms with Gasteiger partial charge in [-0.1, -0.05) is 30.3 Å². The smallest absolute Gasteiger partial charge is 0.164 e. The van der Waals surface area contributed by atoms with Crippen LogP contribution in [0.5, 0.6) is 0 Å². The molecule has 1 rings (SSSR count). The van der Waals surface area contributed by atoms with E-state index in [4.69, 9.17) is 0 Å². The Kier molecular flexibility index (Phi) is 3.05. The molecule has 0 unspecified atom stereocenters. The van der Waals surface area contributed by atoms with Crippen molar-refractivity contribution in [1.29, 1.82) is 0 Å². The molecule has 58 valence electrons. The summed E-state index contributed by atoms with van der Waals surface area (Å²) in [7, 11) is 0. The van der Waals surface area contributed by atoms with Crippen LogP contribution in [0.4, 0.5) is 4.39 Å². The van der Waals surface area contributed by atoms with Crippen molar-refractivity contribution in [3.05, 3.63) is 39.7 Å². The Morgan fingerprint density at radius 3 is 2.27 bits per heavy atom. The van der Waals surface area contributed by atoms with Crippen molar-refractivity contribution in [1.82, 2.24) is 0 Å². The van der Waals surface area contributed by atoms with Crippen LogP contribution in [-0.4, -0.2) is 0 Å². The standard InChI is InChI=1S/C9H8FI/c1-7(9(10)11)8-5-3-2-4-6-8/h2-6H,1H3/b9-7+. The maximum Gasteiger partial charge on any atom is 0.164 e. The number of halogens is 2. The van der Waals surface area contributed by atoms with E-state index < -0.39 is 0 Å². The summed E-state index contributed by atoms with van der Waals surface area (Å²) in [6.07, 6.45) is 0. The number of hydrogen-bond acceptors (Lipinski definition) is 0. The molecule has 0 nitrogen and oxygen atoms in total. The lowest BCUT2D eigenvalue weighted by atomic mass is 10.1. The molecule has 0 atom stereocenters. The van der Waals surface area contributed by atoms with E-state index in [0.717, 1.165) is 5.56 Å². The molecule has 2 heteroatoms. The van der Waals surface area contributed by atoms with Crippen LogP contribution in [0.1, 0.15) is 12.5 Å². The van der Waals surface area contributed by atoms with E-state index in [-0.39, 0.29) is 3.83 Å². The first-order valence-electron chi connectivity index (χ1n) is 3.29. The number of benzene rings is 1. The molecule has 0 aliphatic rings. The Morgan fingerprint density at radius 2 is 1.82 bits per heavy atom. The molecule has 0 fully saturated rings. The van der Waals surface area contributed by atoms with E-state index in [1.807, 2.05) is 30.3 Å². The molecule has 1 aromatic rings. The van der Waals surface area contributed by atoms with Crippen LogP contribution < -0.4 is 0 Å². The molecule has 0 aliphatic carbocycles. The first-order chi connectivity index (χ1) is 5.22. The van der Waals surface area contributed by atoms with E-state index in [1.54, 1.807) is 29.5 Å². The molecule has 0 saturated carbocycles. The highest BCUT2D eigenvalue weighted by molar-refractivity contribution is 14.1. The molecule has 0 radical (unpaired) electrons. The Bertz CT molecular complexity index is 260. The summed E-state index contributed by atoms with van der Waals surface area (Å²) < 4.78 is 12.5. The molecule has 0 spiro atoms. The highest BCUT2D eigenvalue weighted by atomic mass is 127. The summed E-state index contributed by atoms with van der Waals surface area (Å²) in [5.74, 6) is 0. The van der Waals surface area contributed by atoms with Crippen molar-refractivity contribution in [2.45, 2.75) is 6.92 Å². The van der Waals surface area contributed by atoms with Crippen molar-refractivity contribution >= 4 is 28.2 Å². The normalized spacial score (nSPS) is 12.6. The molecule has 0 bridgehead atoms. The topological polar surface area (TPSA) is 0 Å². The fourth-order valence-electron chi connectivity index (χ4n) is 0.797. The van der Waals surface area contributed by atoms with Gasteiger partial charge in [-0.25, -0.2) is 0 Å². The van der Waals surface area contributed by atoms with Crippen LogP contribution in [0, 0.1) is 0 Å². The molecular formula is C9H8FI. The highest BCUT2D eigenvalue weighted by Crippen LogP contribution is 2.22. The van der Waals surface area contributed by atoms with Crippen molar-refractivity contribution in [3.63, 3.8) is 0 Å². The van der Waals surface area contributed by atoms with Crippen molar-refractivity contribution in [2.75, 3.05) is 0 Å². The summed E-state index contributed by atoms with van der Waals surface area (Å²) in [6, 6.07) is 9.51. The molecule has 11 heavy (non-hydrogen) atoms. The number of allylic oxidation sites excluding steroid dienone is 1. The van der Waals surface area contributed by atoms with Crippen LogP contribution in [0.3, 0.4) is 0 Å². The first kappa shape index (κ1) is 8.71. The van der Waals surface area contributed by atoms with E-state index in [1.165, 1.54) is 0 Å². The second kappa shape index (κ2) is 3.85. The lowest BCUT2D eigenvalue weighted by Crippen LogP contribution is -1.77. The van der Waals surface area contributed by atoms with Crippen molar-refractivity contribution in [2.24, 2.45) is 0 Å². The van der Waals surface area contributed by atoms with E-state index in [2.05, 4.69) is 0 Å². The van der Waals surface area contributed by atoms with Crippen molar-refractivity contribution in [3.8, 4) is 0 Å². The maximum absolute atomic E-state index is 12.6. The van der Waals surface area contributed by atoms with Gasteiger partial charge in [0.05, 0.1) is 0 Å². The largest absolute Gasteiger partial charge is 0.200 e. The van der Waals surface area contributed by atoms with Gasteiger partial charge in [0.1, 0.15) is 0 Å². The Labute approximate surface area is 79.3 Å².